The molecule has 0 radical (unpaired) electrons. The van der Waals surface area contributed by atoms with Crippen molar-refractivity contribution < 1.29 is 4.79 Å². The predicted molar refractivity (Wildman–Crippen MR) is 81.1 cm³/mol. The van der Waals surface area contributed by atoms with Gasteiger partial charge in [0.05, 0.1) is 6.07 Å². The Kier molecular flexibility index (Phi) is 6.01. The van der Waals surface area contributed by atoms with Gasteiger partial charge >= 0.3 is 0 Å². The topological polar surface area (TPSA) is 56.1 Å². The second-order valence-corrected chi connectivity index (χ2v) is 6.72. The Hall–Kier alpha value is -1.08. The van der Waals surface area contributed by atoms with E-state index in [9.17, 15) is 10.1 Å². The third-order valence-corrected chi connectivity index (χ3v) is 4.86. The molecule has 1 fully saturated rings. The number of amides is 1. The molecule has 4 nitrogen and oxygen atoms in total. The van der Waals surface area contributed by atoms with Gasteiger partial charge in [-0.15, -0.1) is 0 Å². The van der Waals surface area contributed by atoms with Crippen LogP contribution in [0.4, 0.5) is 0 Å². The van der Waals surface area contributed by atoms with Crippen molar-refractivity contribution in [3.63, 3.8) is 0 Å². The van der Waals surface area contributed by atoms with Crippen LogP contribution in [-0.4, -0.2) is 36.5 Å². The first-order valence-electron chi connectivity index (χ1n) is 7.75. The maximum Gasteiger partial charge on any atom is 0.223 e. The number of piperidine rings is 1. The van der Waals surface area contributed by atoms with Gasteiger partial charge < -0.3 is 10.2 Å². The van der Waals surface area contributed by atoms with Crippen molar-refractivity contribution in [3.8, 4) is 6.07 Å². The number of nitrogens with one attached hydrogen (secondary N) is 1. The Morgan fingerprint density at radius 2 is 2.00 bits per heavy atom. The minimum atomic E-state index is -0.595. The Morgan fingerprint density at radius 3 is 2.50 bits per heavy atom. The molecule has 0 aromatic rings. The predicted octanol–water partition coefficient (Wildman–Crippen LogP) is 2.70. The minimum absolute atomic E-state index is 0.111. The van der Waals surface area contributed by atoms with E-state index in [0.717, 1.165) is 45.2 Å². The van der Waals surface area contributed by atoms with E-state index < -0.39 is 5.54 Å². The Labute approximate surface area is 123 Å². The molecule has 1 aliphatic heterocycles. The van der Waals surface area contributed by atoms with Crippen molar-refractivity contribution in [2.45, 2.75) is 64.8 Å². The van der Waals surface area contributed by atoms with E-state index in [1.807, 2.05) is 0 Å². The van der Waals surface area contributed by atoms with Gasteiger partial charge in [-0.25, -0.2) is 0 Å². The molecule has 0 unspecified atom stereocenters. The number of carbonyl (C=O) groups is 1. The van der Waals surface area contributed by atoms with E-state index in [2.05, 4.69) is 32.2 Å². The number of hydrogen-bond donors (Lipinski definition) is 1. The van der Waals surface area contributed by atoms with Gasteiger partial charge in [0.25, 0.3) is 0 Å². The molecule has 1 N–H and O–H groups in total. The lowest BCUT2D eigenvalue weighted by Gasteiger charge is -2.39. The van der Waals surface area contributed by atoms with Gasteiger partial charge in [-0.05, 0) is 44.2 Å². The highest BCUT2D eigenvalue weighted by molar-refractivity contribution is 5.77. The molecule has 0 aromatic heterocycles. The number of nitriles is 1. The van der Waals surface area contributed by atoms with Crippen LogP contribution in [0.5, 0.6) is 0 Å². The molecule has 20 heavy (non-hydrogen) atoms. The van der Waals surface area contributed by atoms with Gasteiger partial charge in [-0.1, -0.05) is 27.2 Å². The number of rotatable bonds is 6. The highest BCUT2D eigenvalue weighted by atomic mass is 16.2. The van der Waals surface area contributed by atoms with Crippen LogP contribution in [0.25, 0.3) is 0 Å². The fourth-order valence-electron chi connectivity index (χ4n) is 2.66. The molecule has 0 aliphatic carbocycles. The maximum absolute atomic E-state index is 12.3. The summed E-state index contributed by atoms with van der Waals surface area (Å²) in [6.07, 6.45) is 5.11. The Balaban J connectivity index is 2.52. The van der Waals surface area contributed by atoms with Crippen LogP contribution in [0.3, 0.4) is 0 Å². The third kappa shape index (κ3) is 4.21. The van der Waals surface area contributed by atoms with Crippen molar-refractivity contribution in [2.75, 3.05) is 20.1 Å². The molecule has 4 heteroatoms. The molecule has 0 spiro atoms. The van der Waals surface area contributed by atoms with Gasteiger partial charge in [0.15, 0.2) is 0 Å². The van der Waals surface area contributed by atoms with Gasteiger partial charge in [0.2, 0.25) is 5.91 Å². The zero-order valence-electron chi connectivity index (χ0n) is 13.5. The van der Waals surface area contributed by atoms with Gasteiger partial charge in [-0.3, -0.25) is 4.79 Å². The van der Waals surface area contributed by atoms with Crippen LogP contribution >= 0.6 is 0 Å². The average molecular weight is 279 g/mol. The summed E-state index contributed by atoms with van der Waals surface area (Å²) < 4.78 is 0. The first-order valence-corrected chi connectivity index (χ1v) is 7.75. The van der Waals surface area contributed by atoms with E-state index in [0.29, 0.717) is 11.8 Å². The molecule has 1 amide bonds. The first kappa shape index (κ1) is 17.0. The summed E-state index contributed by atoms with van der Waals surface area (Å²) in [7, 11) is 1.79. The zero-order chi connectivity index (χ0) is 15.2. The second kappa shape index (κ2) is 7.08. The quantitative estimate of drug-likeness (QED) is 0.813. The monoisotopic (exact) mass is 279 g/mol. The summed E-state index contributed by atoms with van der Waals surface area (Å²) in [5.41, 5.74) is -0.289. The van der Waals surface area contributed by atoms with Crippen LogP contribution in [0.15, 0.2) is 0 Å². The minimum Gasteiger partial charge on any atom is -0.327 e. The van der Waals surface area contributed by atoms with Crippen LogP contribution in [0, 0.1) is 16.7 Å². The summed E-state index contributed by atoms with van der Waals surface area (Å²) in [6.45, 7) is 8.30. The van der Waals surface area contributed by atoms with Gasteiger partial charge in [0, 0.05) is 13.5 Å². The lowest BCUT2D eigenvalue weighted by molar-refractivity contribution is -0.134. The molecule has 1 heterocycles. The van der Waals surface area contributed by atoms with Crippen LogP contribution in [0.1, 0.15) is 59.3 Å². The highest BCUT2D eigenvalue weighted by Gasteiger charge is 2.38. The van der Waals surface area contributed by atoms with E-state index in [4.69, 9.17) is 0 Å². The SMILES string of the molecule is CCC(C)(C)CCCC(=O)N(C)C1(C#N)CCNCC1. The van der Waals surface area contributed by atoms with E-state index in [1.165, 1.54) is 0 Å². The van der Waals surface area contributed by atoms with Crippen LogP contribution in [0.2, 0.25) is 0 Å². The molecule has 0 atom stereocenters. The highest BCUT2D eigenvalue weighted by Crippen LogP contribution is 2.28. The molecule has 0 saturated carbocycles. The fourth-order valence-corrected chi connectivity index (χ4v) is 2.66. The Morgan fingerprint density at radius 1 is 1.40 bits per heavy atom. The van der Waals surface area contributed by atoms with E-state index in [-0.39, 0.29) is 5.91 Å². The van der Waals surface area contributed by atoms with E-state index in [1.54, 1.807) is 11.9 Å². The van der Waals surface area contributed by atoms with Crippen molar-refractivity contribution in [1.29, 1.82) is 5.26 Å². The largest absolute Gasteiger partial charge is 0.327 e. The van der Waals surface area contributed by atoms with Crippen molar-refractivity contribution in [1.82, 2.24) is 10.2 Å². The summed E-state index contributed by atoms with van der Waals surface area (Å²) >= 11 is 0. The lowest BCUT2D eigenvalue weighted by atomic mass is 9.84. The van der Waals surface area contributed by atoms with Gasteiger partial charge in [-0.2, -0.15) is 5.26 Å². The third-order valence-electron chi connectivity index (χ3n) is 4.86. The molecule has 1 rings (SSSR count). The smallest absolute Gasteiger partial charge is 0.223 e. The lowest BCUT2D eigenvalue weighted by Crippen LogP contribution is -2.54. The van der Waals surface area contributed by atoms with Gasteiger partial charge in [0.1, 0.15) is 5.54 Å². The van der Waals surface area contributed by atoms with Crippen molar-refractivity contribution in [3.05, 3.63) is 0 Å². The summed E-state index contributed by atoms with van der Waals surface area (Å²) in [4.78, 5) is 14.0. The molecular weight excluding hydrogens is 250 g/mol. The van der Waals surface area contributed by atoms with Crippen LogP contribution < -0.4 is 5.32 Å². The standard InChI is InChI=1S/C16H29N3O/c1-5-15(2,3)8-6-7-14(20)19(4)16(13-17)9-11-18-12-10-16/h18H,5-12H2,1-4H3. The zero-order valence-corrected chi connectivity index (χ0v) is 13.5. The molecular formula is C16H29N3O. The second-order valence-electron chi connectivity index (χ2n) is 6.72. The van der Waals surface area contributed by atoms with Crippen LogP contribution in [-0.2, 0) is 4.79 Å². The Bertz CT molecular complexity index is 364. The fraction of sp³-hybridized carbons (Fsp3) is 0.875. The molecule has 114 valence electrons. The maximum atomic E-state index is 12.3. The average Bonchev–Trinajstić information content (AvgIpc) is 2.46. The molecule has 1 saturated heterocycles. The molecule has 1 aliphatic rings. The van der Waals surface area contributed by atoms with Crippen molar-refractivity contribution >= 4 is 5.91 Å². The summed E-state index contributed by atoms with van der Waals surface area (Å²) in [5.74, 6) is 0.111. The normalized spacial score (nSPS) is 18.4. The number of nitrogens with zero attached hydrogens (tertiary/aromatic N) is 2. The molecule has 0 bridgehead atoms. The number of carbonyl (C=O) groups excluding carboxylic acids is 1. The summed E-state index contributed by atoms with van der Waals surface area (Å²) in [6, 6.07) is 2.38. The first-order chi connectivity index (χ1) is 9.37. The van der Waals surface area contributed by atoms with E-state index >= 15 is 0 Å². The van der Waals surface area contributed by atoms with Crippen molar-refractivity contribution in [2.24, 2.45) is 5.41 Å². The summed E-state index contributed by atoms with van der Waals surface area (Å²) in [5, 5.41) is 12.7. The molecule has 0 aromatic carbocycles. The number of hydrogen-bond acceptors (Lipinski definition) is 3.